The van der Waals surface area contributed by atoms with Gasteiger partial charge in [-0.25, -0.2) is 0 Å². The summed E-state index contributed by atoms with van der Waals surface area (Å²) in [4.78, 5) is 0.898. The van der Waals surface area contributed by atoms with Crippen LogP contribution in [0.25, 0.3) is 0 Å². The Labute approximate surface area is 214 Å². The van der Waals surface area contributed by atoms with Gasteiger partial charge in [-0.05, 0) is 13.0 Å². The lowest BCUT2D eigenvalue weighted by Gasteiger charge is -2.77. The molecule has 1 aliphatic rings. The van der Waals surface area contributed by atoms with Gasteiger partial charge >= 0.3 is 0 Å². The molecule has 1 saturated heterocycles. The van der Waals surface area contributed by atoms with Crippen LogP contribution in [-0.4, -0.2) is 81.5 Å². The van der Waals surface area contributed by atoms with Gasteiger partial charge in [-0.2, -0.15) is 0 Å². The van der Waals surface area contributed by atoms with E-state index in [-0.39, 0.29) is 19.6 Å². The molecule has 1 aliphatic heterocycles. The van der Waals surface area contributed by atoms with E-state index in [1.807, 2.05) is 0 Å². The van der Waals surface area contributed by atoms with Crippen LogP contribution in [0.1, 0.15) is 6.42 Å². The Bertz CT molecular complexity index is 777. The Balaban J connectivity index is 4.80. The van der Waals surface area contributed by atoms with Crippen molar-refractivity contribution in [1.82, 2.24) is 10.2 Å². The Kier molecular flexibility index (Phi) is 8.35. The Morgan fingerprint density at radius 2 is 0.892 bits per heavy atom. The summed E-state index contributed by atoms with van der Waals surface area (Å²) in [5.74, 6) is -13.1. The van der Waals surface area contributed by atoms with Crippen molar-refractivity contribution in [2.45, 2.75) is 63.4 Å². The highest BCUT2D eigenvalue weighted by atomic mass is 15.6. The van der Waals surface area contributed by atoms with E-state index in [1.54, 1.807) is 0 Å². The first-order valence-corrected chi connectivity index (χ1v) is 10.9. The molecule has 0 aromatic rings. The molecule has 0 bridgehead atoms. The highest BCUT2D eigenvalue weighted by Gasteiger charge is 2.84. The molecule has 1 rings (SSSR count). The maximum absolute atomic E-state index is 6.65. The normalized spacial score (nSPS) is 23.9. The first-order chi connectivity index (χ1) is 15.9. The zero-order chi connectivity index (χ0) is 30.1. The lowest BCUT2D eigenvalue weighted by molar-refractivity contribution is -0.236. The summed E-state index contributed by atoms with van der Waals surface area (Å²) >= 11 is 0. The van der Waals surface area contributed by atoms with Gasteiger partial charge in [0.15, 0.2) is 11.6 Å². The molecule has 0 aromatic carbocycles. The van der Waals surface area contributed by atoms with E-state index in [1.165, 1.54) is 0 Å². The van der Waals surface area contributed by atoms with Crippen LogP contribution in [0, 0.1) is 0 Å². The fourth-order valence-corrected chi connectivity index (χ4v) is 5.23. The van der Waals surface area contributed by atoms with Gasteiger partial charge in [0.05, 0.1) is 5.54 Å². The molecule has 23 heteroatoms. The van der Waals surface area contributed by atoms with Crippen molar-refractivity contribution in [2.24, 2.45) is 120 Å². The van der Waals surface area contributed by atoms with Gasteiger partial charge in [0.1, 0.15) is 39.9 Å². The van der Waals surface area contributed by atoms with Crippen molar-refractivity contribution in [3.63, 3.8) is 0 Å². The second kappa shape index (κ2) is 9.05. The minimum absolute atomic E-state index is 0.147. The predicted octanol–water partition coefficient (Wildman–Crippen LogP) is -14.8. The SMILES string of the molecule is NCCC1(C(N)(N)C(N)(N)N)NCCN(C(N)(N)C(N)(N)N)C1(C(N)(N)C(N)(N)N)C(N)(N)C(N)(N)N. The topological polar surface area (TPSA) is 562 Å². The third-order valence-electron chi connectivity index (χ3n) is 7.50. The molecule has 0 aromatic heterocycles. The van der Waals surface area contributed by atoms with Crippen molar-refractivity contribution in [3.05, 3.63) is 0 Å². The third-order valence-corrected chi connectivity index (χ3v) is 7.50. The van der Waals surface area contributed by atoms with E-state index in [0.717, 1.165) is 4.90 Å². The van der Waals surface area contributed by atoms with E-state index < -0.39 is 63.4 Å². The predicted molar refractivity (Wildman–Crippen MR) is 139 cm³/mol. The molecular weight excluding hydrogens is 490 g/mol. The molecule has 0 radical (unpaired) electrons. The number of piperazine rings is 1. The quantitative estimate of drug-likeness (QED) is 0.114. The van der Waals surface area contributed by atoms with Crippen LogP contribution in [0.4, 0.5) is 0 Å². The molecule has 222 valence electrons. The lowest BCUT2D eigenvalue weighted by Crippen LogP contribution is -3.13. The lowest BCUT2D eigenvalue weighted by atomic mass is 9.50. The van der Waals surface area contributed by atoms with Crippen LogP contribution < -0.4 is 126 Å². The number of nitrogens with one attached hydrogen (secondary N) is 1. The molecule has 0 amide bonds. The molecule has 23 nitrogen and oxygen atoms in total. The van der Waals surface area contributed by atoms with Crippen molar-refractivity contribution in [2.75, 3.05) is 19.6 Å². The van der Waals surface area contributed by atoms with Crippen LogP contribution in [0.5, 0.6) is 0 Å². The maximum atomic E-state index is 6.65. The number of hydrogen-bond donors (Lipinski definition) is 22. The van der Waals surface area contributed by atoms with Crippen molar-refractivity contribution in [3.8, 4) is 0 Å². The molecule has 0 aliphatic carbocycles. The second-order valence-electron chi connectivity index (χ2n) is 10.4. The number of rotatable bonds is 10. The molecule has 43 N–H and O–H groups in total. The monoisotopic (exact) mass is 541 g/mol. The van der Waals surface area contributed by atoms with Crippen LogP contribution in [0.2, 0.25) is 0 Å². The smallest absolute Gasteiger partial charge is 0.168 e. The van der Waals surface area contributed by atoms with E-state index in [2.05, 4.69) is 5.32 Å². The van der Waals surface area contributed by atoms with Gasteiger partial charge in [0.2, 0.25) is 0 Å². The summed E-state index contributed by atoms with van der Waals surface area (Å²) < 4.78 is 0. The highest BCUT2D eigenvalue weighted by molar-refractivity contribution is 5.42. The Morgan fingerprint density at radius 1 is 0.541 bits per heavy atom. The third kappa shape index (κ3) is 4.34. The van der Waals surface area contributed by atoms with Crippen molar-refractivity contribution in [1.29, 1.82) is 0 Å². The van der Waals surface area contributed by atoms with Gasteiger partial charge < -0.3 is 45.5 Å². The molecule has 1 fully saturated rings. The van der Waals surface area contributed by atoms with Crippen LogP contribution in [0.3, 0.4) is 0 Å². The zero-order valence-electron chi connectivity index (χ0n) is 20.9. The highest BCUT2D eigenvalue weighted by Crippen LogP contribution is 2.52. The fraction of sp³-hybridized carbons (Fsp3) is 1.00. The van der Waals surface area contributed by atoms with E-state index >= 15 is 0 Å². The van der Waals surface area contributed by atoms with Crippen LogP contribution in [0.15, 0.2) is 0 Å². The minimum atomic E-state index is -2.90. The summed E-state index contributed by atoms with van der Waals surface area (Å²) in [6, 6.07) is 0. The van der Waals surface area contributed by atoms with Gasteiger partial charge in [-0.1, -0.05) is 0 Å². The van der Waals surface area contributed by atoms with Crippen molar-refractivity contribution >= 4 is 0 Å². The van der Waals surface area contributed by atoms with Gasteiger partial charge in [0, 0.05) is 13.1 Å². The van der Waals surface area contributed by atoms with E-state index in [9.17, 15) is 0 Å². The number of nitrogens with zero attached hydrogens (tertiary/aromatic N) is 1. The van der Waals surface area contributed by atoms with Gasteiger partial charge in [-0.15, -0.1) is 0 Å². The number of hydrogen-bond acceptors (Lipinski definition) is 23. The summed E-state index contributed by atoms with van der Waals surface area (Å²) in [6.07, 6.45) is -0.439. The molecule has 1 unspecified atom stereocenters. The average Bonchev–Trinajstić information content (AvgIpc) is 2.63. The Morgan fingerprint density at radius 3 is 1.16 bits per heavy atom. The average molecular weight is 542 g/mol. The van der Waals surface area contributed by atoms with Gasteiger partial charge in [-0.3, -0.25) is 85.2 Å². The van der Waals surface area contributed by atoms with E-state index in [0.29, 0.717) is 0 Å². The Hall–Kier alpha value is -0.920. The summed E-state index contributed by atoms with van der Waals surface area (Å²) in [5.41, 5.74) is 117. The largest absolute Gasteiger partial charge is 0.330 e. The molecule has 1 atom stereocenters. The summed E-state index contributed by atoms with van der Waals surface area (Å²) in [7, 11) is 0. The molecule has 1 heterocycles. The summed E-state index contributed by atoms with van der Waals surface area (Å²) in [6.45, 7) is -0.804. The number of nitrogens with two attached hydrogens (primary N) is 21. The van der Waals surface area contributed by atoms with Gasteiger partial charge in [0.25, 0.3) is 0 Å². The minimum Gasteiger partial charge on any atom is -0.330 e. The zero-order valence-corrected chi connectivity index (χ0v) is 20.9. The van der Waals surface area contributed by atoms with Crippen molar-refractivity contribution < 1.29 is 0 Å². The first kappa shape index (κ1) is 34.1. The first-order valence-electron chi connectivity index (χ1n) is 10.9. The molecular formula is C14H51N23. The van der Waals surface area contributed by atoms with Crippen LogP contribution in [-0.2, 0) is 0 Å². The molecule has 0 saturated carbocycles. The molecule has 37 heavy (non-hydrogen) atoms. The second-order valence-corrected chi connectivity index (χ2v) is 10.4. The maximum Gasteiger partial charge on any atom is 0.168 e. The van der Waals surface area contributed by atoms with E-state index in [4.69, 9.17) is 120 Å². The summed E-state index contributed by atoms with van der Waals surface area (Å²) in [5, 5.41) is 2.98. The molecule has 0 spiro atoms. The fourth-order valence-electron chi connectivity index (χ4n) is 5.23. The standard InChI is InChI=1S/C14H51N23/c15-2-1-5(7(16,17)10(22,23)24)6(8(18,19)11(25,26)27,9(20,21)12(28,29)30)37(4-3-36-5)14(34,35)13(31,32)33/h36H,1-4,15-35H2. The van der Waals surface area contributed by atoms with Crippen LogP contribution >= 0.6 is 0 Å².